The van der Waals surface area contributed by atoms with E-state index in [1.54, 1.807) is 0 Å². The summed E-state index contributed by atoms with van der Waals surface area (Å²) in [5.41, 5.74) is -2.27. The minimum Gasteiger partial charge on any atom is -0.264 e. The minimum atomic E-state index is -4.64. The number of alkyl halides is 5. The Kier molecular flexibility index (Phi) is 2.73. The summed E-state index contributed by atoms with van der Waals surface area (Å²) in [7, 11) is 0. The maximum Gasteiger partial charge on any atom is 0.418 e. The van der Waals surface area contributed by atoms with Crippen LogP contribution in [0.4, 0.5) is 22.0 Å². The zero-order valence-electron chi connectivity index (χ0n) is 7.07. The fourth-order valence-electron chi connectivity index (χ4n) is 1.05. The highest BCUT2D eigenvalue weighted by Gasteiger charge is 2.34. The summed E-state index contributed by atoms with van der Waals surface area (Å²) in [6, 6.07) is 0. The van der Waals surface area contributed by atoms with Gasteiger partial charge in [0.1, 0.15) is 0 Å². The smallest absolute Gasteiger partial charge is 0.264 e. The van der Waals surface area contributed by atoms with Crippen LogP contribution in [0.5, 0.6) is 0 Å². The zero-order valence-corrected chi connectivity index (χ0v) is 7.07. The predicted octanol–water partition coefficient (Wildman–Crippen LogP) is 3.35. The fourth-order valence-corrected chi connectivity index (χ4v) is 1.05. The number of rotatable bonds is 1. The third-order valence-electron chi connectivity index (χ3n) is 1.79. The third-order valence-corrected chi connectivity index (χ3v) is 1.79. The average molecular weight is 211 g/mol. The van der Waals surface area contributed by atoms with Crippen LogP contribution in [-0.2, 0) is 6.18 Å². The predicted molar refractivity (Wildman–Crippen MR) is 38.9 cm³/mol. The molecule has 0 N–H and O–H groups in total. The van der Waals surface area contributed by atoms with E-state index in [9.17, 15) is 22.0 Å². The van der Waals surface area contributed by atoms with Crippen molar-refractivity contribution in [2.75, 3.05) is 0 Å². The first-order valence-electron chi connectivity index (χ1n) is 3.64. The summed E-state index contributed by atoms with van der Waals surface area (Å²) in [6.45, 7) is 1.01. The summed E-state index contributed by atoms with van der Waals surface area (Å²) in [5.74, 6) is 0. The highest BCUT2D eigenvalue weighted by Crippen LogP contribution is 2.34. The molecule has 0 aliphatic heterocycles. The molecule has 0 saturated heterocycles. The Morgan fingerprint density at radius 3 is 2.21 bits per heavy atom. The molecule has 0 fully saturated rings. The topological polar surface area (TPSA) is 12.9 Å². The van der Waals surface area contributed by atoms with Gasteiger partial charge >= 0.3 is 6.18 Å². The Morgan fingerprint density at radius 2 is 1.79 bits per heavy atom. The molecular formula is C8H6F5N. The molecule has 0 aliphatic carbocycles. The lowest BCUT2D eigenvalue weighted by Gasteiger charge is -2.12. The van der Waals surface area contributed by atoms with E-state index in [4.69, 9.17) is 0 Å². The number of aromatic nitrogens is 1. The van der Waals surface area contributed by atoms with E-state index in [1.807, 2.05) is 0 Å². The van der Waals surface area contributed by atoms with Gasteiger partial charge in [-0.25, -0.2) is 8.78 Å². The summed E-state index contributed by atoms with van der Waals surface area (Å²) in [5, 5.41) is 0. The number of hydrogen-bond donors (Lipinski definition) is 0. The van der Waals surface area contributed by atoms with Crippen molar-refractivity contribution in [1.82, 2.24) is 4.98 Å². The zero-order chi connectivity index (χ0) is 10.9. The Morgan fingerprint density at radius 1 is 1.21 bits per heavy atom. The number of nitrogens with zero attached hydrogens (tertiary/aromatic N) is 1. The molecule has 1 aromatic rings. The van der Waals surface area contributed by atoms with Gasteiger partial charge in [0.25, 0.3) is 6.43 Å². The molecule has 0 atom stereocenters. The monoisotopic (exact) mass is 211 g/mol. The highest BCUT2D eigenvalue weighted by atomic mass is 19.4. The van der Waals surface area contributed by atoms with Crippen LogP contribution in [0.3, 0.4) is 0 Å². The van der Waals surface area contributed by atoms with Crippen molar-refractivity contribution in [3.05, 3.63) is 29.1 Å². The van der Waals surface area contributed by atoms with Crippen molar-refractivity contribution in [2.24, 2.45) is 0 Å². The molecule has 1 heterocycles. The van der Waals surface area contributed by atoms with Crippen molar-refractivity contribution in [1.29, 1.82) is 0 Å². The van der Waals surface area contributed by atoms with Gasteiger partial charge in [-0.05, 0) is 12.5 Å². The van der Waals surface area contributed by atoms with Crippen molar-refractivity contribution >= 4 is 0 Å². The maximum absolute atomic E-state index is 12.2. The first-order chi connectivity index (χ1) is 6.34. The van der Waals surface area contributed by atoms with Crippen LogP contribution in [0.25, 0.3) is 0 Å². The highest BCUT2D eigenvalue weighted by molar-refractivity contribution is 5.33. The standard InChI is InChI=1S/C8H6F5N/c1-4-5(7(9)10)2-14-3-6(4)8(11,12)13/h2-3,7H,1H3. The summed E-state index contributed by atoms with van der Waals surface area (Å²) in [4.78, 5) is 3.13. The molecule has 0 aromatic carbocycles. The summed E-state index contributed by atoms with van der Waals surface area (Å²) < 4.78 is 61.0. The van der Waals surface area contributed by atoms with E-state index in [-0.39, 0.29) is 0 Å². The molecule has 1 nitrogen and oxygen atoms in total. The van der Waals surface area contributed by atoms with Gasteiger partial charge in [0.15, 0.2) is 0 Å². The van der Waals surface area contributed by atoms with E-state index in [0.29, 0.717) is 6.20 Å². The Bertz CT molecular complexity index is 331. The lowest BCUT2D eigenvalue weighted by molar-refractivity contribution is -0.138. The van der Waals surface area contributed by atoms with Crippen LogP contribution in [0.2, 0.25) is 0 Å². The number of halogens is 5. The Balaban J connectivity index is 3.28. The van der Waals surface area contributed by atoms with Crippen molar-refractivity contribution < 1.29 is 22.0 Å². The van der Waals surface area contributed by atoms with E-state index in [2.05, 4.69) is 4.98 Å². The molecule has 78 valence electrons. The lowest BCUT2D eigenvalue weighted by Crippen LogP contribution is -2.10. The average Bonchev–Trinajstić information content (AvgIpc) is 2.01. The molecule has 0 bridgehead atoms. The van der Waals surface area contributed by atoms with Gasteiger partial charge in [-0.15, -0.1) is 0 Å². The van der Waals surface area contributed by atoms with Crippen LogP contribution in [0.15, 0.2) is 12.4 Å². The van der Waals surface area contributed by atoms with Gasteiger partial charge in [-0.1, -0.05) is 0 Å². The van der Waals surface area contributed by atoms with E-state index in [1.165, 1.54) is 0 Å². The van der Waals surface area contributed by atoms with E-state index in [0.717, 1.165) is 13.1 Å². The minimum absolute atomic E-state index is 0.470. The summed E-state index contributed by atoms with van der Waals surface area (Å²) >= 11 is 0. The van der Waals surface area contributed by atoms with Crippen molar-refractivity contribution in [3.8, 4) is 0 Å². The second-order valence-electron chi connectivity index (χ2n) is 2.70. The molecule has 1 rings (SSSR count). The summed E-state index contributed by atoms with van der Waals surface area (Å²) in [6.07, 6.45) is -6.29. The SMILES string of the molecule is Cc1c(C(F)F)cncc1C(F)(F)F. The van der Waals surface area contributed by atoms with Crippen LogP contribution >= 0.6 is 0 Å². The molecule has 1 aromatic heterocycles. The Hall–Kier alpha value is -1.20. The van der Waals surface area contributed by atoms with Gasteiger partial charge in [-0.3, -0.25) is 4.98 Å². The second-order valence-corrected chi connectivity index (χ2v) is 2.70. The molecule has 0 saturated carbocycles. The first kappa shape index (κ1) is 10.9. The van der Waals surface area contributed by atoms with Crippen LogP contribution < -0.4 is 0 Å². The molecule has 14 heavy (non-hydrogen) atoms. The molecule has 0 spiro atoms. The molecule has 0 amide bonds. The Labute approximate surface area is 76.6 Å². The molecule has 0 aliphatic rings. The van der Waals surface area contributed by atoms with Gasteiger partial charge in [0.2, 0.25) is 0 Å². The van der Waals surface area contributed by atoms with Gasteiger partial charge in [-0.2, -0.15) is 13.2 Å². The third kappa shape index (κ3) is 2.00. The normalized spacial score (nSPS) is 12.2. The first-order valence-corrected chi connectivity index (χ1v) is 3.64. The van der Waals surface area contributed by atoms with E-state index < -0.39 is 29.3 Å². The quantitative estimate of drug-likeness (QED) is 0.649. The molecular weight excluding hydrogens is 205 g/mol. The maximum atomic E-state index is 12.2. The fraction of sp³-hybridized carbons (Fsp3) is 0.375. The van der Waals surface area contributed by atoms with Gasteiger partial charge < -0.3 is 0 Å². The lowest BCUT2D eigenvalue weighted by atomic mass is 10.1. The van der Waals surface area contributed by atoms with Crippen LogP contribution in [0, 0.1) is 6.92 Å². The molecule has 0 unspecified atom stereocenters. The van der Waals surface area contributed by atoms with Crippen LogP contribution in [0.1, 0.15) is 23.1 Å². The molecule has 0 radical (unpaired) electrons. The second kappa shape index (κ2) is 3.51. The van der Waals surface area contributed by atoms with Crippen molar-refractivity contribution in [2.45, 2.75) is 19.5 Å². The van der Waals surface area contributed by atoms with Gasteiger partial charge in [0, 0.05) is 18.0 Å². The van der Waals surface area contributed by atoms with Gasteiger partial charge in [0.05, 0.1) is 5.56 Å². The van der Waals surface area contributed by atoms with E-state index >= 15 is 0 Å². The number of pyridine rings is 1. The van der Waals surface area contributed by atoms with Crippen molar-refractivity contribution in [3.63, 3.8) is 0 Å². The number of hydrogen-bond acceptors (Lipinski definition) is 1. The molecule has 6 heteroatoms. The van der Waals surface area contributed by atoms with Crippen LogP contribution in [-0.4, -0.2) is 4.98 Å². The largest absolute Gasteiger partial charge is 0.418 e.